The van der Waals surface area contributed by atoms with Gasteiger partial charge in [-0.05, 0) is 76.9 Å². The van der Waals surface area contributed by atoms with Crippen molar-refractivity contribution in [1.29, 1.82) is 0 Å². The molecule has 0 radical (unpaired) electrons. The SMILES string of the molecule is CCCCCCCCC(CCCCCC)C(=O)OCC(COC(=O)C(CCCCCC)CCCCCCCC)C1CCN(CCCCO)CC1. The Bertz CT molecular complexity index is 720. The number of carbonyl (C=O) groups excluding carboxylic acids is 2. The normalized spacial score (nSPS) is 15.9. The lowest BCUT2D eigenvalue weighted by Gasteiger charge is -2.36. The minimum atomic E-state index is -0.0234. The molecule has 0 bridgehead atoms. The van der Waals surface area contributed by atoms with Crippen LogP contribution < -0.4 is 0 Å². The molecule has 296 valence electrons. The number of ether oxygens (including phenoxy) is 2. The van der Waals surface area contributed by atoms with Gasteiger partial charge in [-0.3, -0.25) is 9.59 Å². The Kier molecular flexibility index (Phi) is 31.6. The summed E-state index contributed by atoms with van der Waals surface area (Å²) in [5, 5.41) is 9.22. The van der Waals surface area contributed by atoms with Crippen molar-refractivity contribution >= 4 is 11.9 Å². The predicted molar refractivity (Wildman–Crippen MR) is 211 cm³/mol. The van der Waals surface area contributed by atoms with Gasteiger partial charge in [0.05, 0.1) is 25.0 Å². The third-order valence-electron chi connectivity index (χ3n) is 11.4. The zero-order valence-electron chi connectivity index (χ0n) is 33.9. The molecule has 0 spiro atoms. The van der Waals surface area contributed by atoms with Crippen LogP contribution in [0, 0.1) is 23.7 Å². The second-order valence-corrected chi connectivity index (χ2v) is 15.8. The molecule has 0 aromatic carbocycles. The summed E-state index contributed by atoms with van der Waals surface area (Å²) < 4.78 is 12.4. The number of likely N-dealkylation sites (tertiary alicyclic amines) is 1. The quantitative estimate of drug-likeness (QED) is 0.0522. The van der Waals surface area contributed by atoms with Crippen LogP contribution in [0.4, 0.5) is 0 Å². The molecule has 1 aliphatic rings. The first-order valence-corrected chi connectivity index (χ1v) is 22.2. The third-order valence-corrected chi connectivity index (χ3v) is 11.4. The Morgan fingerprint density at radius 3 is 1.28 bits per heavy atom. The molecule has 6 nitrogen and oxygen atoms in total. The Balaban J connectivity index is 2.88. The number of hydrogen-bond acceptors (Lipinski definition) is 6. The van der Waals surface area contributed by atoms with E-state index >= 15 is 0 Å². The summed E-state index contributed by atoms with van der Waals surface area (Å²) >= 11 is 0. The molecule has 0 amide bonds. The summed E-state index contributed by atoms with van der Waals surface area (Å²) in [5.41, 5.74) is 0. The van der Waals surface area contributed by atoms with Crippen molar-refractivity contribution in [2.24, 2.45) is 23.7 Å². The first-order valence-electron chi connectivity index (χ1n) is 22.2. The Morgan fingerprint density at radius 2 is 0.900 bits per heavy atom. The fourth-order valence-corrected chi connectivity index (χ4v) is 7.77. The summed E-state index contributed by atoms with van der Waals surface area (Å²) in [4.78, 5) is 29.8. The predicted octanol–water partition coefficient (Wildman–Crippen LogP) is 11.8. The fraction of sp³-hybridized carbons (Fsp3) is 0.955. The molecule has 6 heteroatoms. The Labute approximate surface area is 311 Å². The van der Waals surface area contributed by atoms with E-state index in [1.54, 1.807) is 0 Å². The van der Waals surface area contributed by atoms with Crippen molar-refractivity contribution in [2.45, 2.75) is 207 Å². The second kappa shape index (κ2) is 33.7. The minimum Gasteiger partial charge on any atom is -0.465 e. The van der Waals surface area contributed by atoms with E-state index in [0.717, 1.165) is 96.7 Å². The number of carbonyl (C=O) groups is 2. The van der Waals surface area contributed by atoms with Crippen LogP contribution in [0.1, 0.15) is 207 Å². The van der Waals surface area contributed by atoms with Crippen molar-refractivity contribution in [1.82, 2.24) is 4.90 Å². The molecule has 2 unspecified atom stereocenters. The zero-order valence-corrected chi connectivity index (χ0v) is 33.9. The molecule has 1 aliphatic heterocycles. The van der Waals surface area contributed by atoms with Gasteiger partial charge in [-0.1, -0.05) is 156 Å². The molecule has 1 N–H and O–H groups in total. The Hall–Kier alpha value is -1.14. The van der Waals surface area contributed by atoms with Gasteiger partial charge in [0, 0.05) is 12.5 Å². The maximum atomic E-state index is 13.6. The average Bonchev–Trinajstić information content (AvgIpc) is 3.13. The molecular formula is C44H85NO5. The lowest BCUT2D eigenvalue weighted by molar-refractivity contribution is -0.156. The van der Waals surface area contributed by atoms with Crippen LogP contribution in [0.2, 0.25) is 0 Å². The number of rotatable bonds is 35. The molecular weight excluding hydrogens is 622 g/mol. The standard InChI is InChI=1S/C44H85NO5/c1-5-9-13-17-19-23-29-40(27-21-15-11-7-3)43(47)49-37-42(39-31-34-45(35-32-39)33-25-26-36-46)38-50-44(48)41(28-22-16-12-8-4)30-24-20-18-14-10-6-2/h39-42,46H,5-38H2,1-4H3. The number of unbranched alkanes of at least 4 members (excludes halogenated alkanes) is 17. The molecule has 1 rings (SSSR count). The molecule has 50 heavy (non-hydrogen) atoms. The lowest BCUT2D eigenvalue weighted by Crippen LogP contribution is -2.39. The van der Waals surface area contributed by atoms with Crippen molar-refractivity contribution in [2.75, 3.05) is 39.5 Å². The maximum Gasteiger partial charge on any atom is 0.308 e. The van der Waals surface area contributed by atoms with Crippen LogP contribution in [0.25, 0.3) is 0 Å². The van der Waals surface area contributed by atoms with Gasteiger partial charge in [-0.25, -0.2) is 0 Å². The largest absolute Gasteiger partial charge is 0.465 e. The Morgan fingerprint density at radius 1 is 0.540 bits per heavy atom. The van der Waals surface area contributed by atoms with Crippen molar-refractivity contribution in [3.8, 4) is 0 Å². The smallest absolute Gasteiger partial charge is 0.308 e. The third kappa shape index (κ3) is 24.2. The number of esters is 2. The van der Waals surface area contributed by atoms with E-state index in [1.165, 1.54) is 103 Å². The van der Waals surface area contributed by atoms with Gasteiger partial charge < -0.3 is 19.5 Å². The van der Waals surface area contributed by atoms with Crippen molar-refractivity contribution in [3.05, 3.63) is 0 Å². The molecule has 0 aromatic rings. The fourth-order valence-electron chi connectivity index (χ4n) is 7.77. The minimum absolute atomic E-state index is 0.0144. The van der Waals surface area contributed by atoms with Gasteiger partial charge in [0.1, 0.15) is 0 Å². The zero-order chi connectivity index (χ0) is 36.5. The number of hydrogen-bond donors (Lipinski definition) is 1. The van der Waals surface area contributed by atoms with E-state index in [9.17, 15) is 14.7 Å². The van der Waals surface area contributed by atoms with Crippen LogP contribution in [-0.2, 0) is 19.1 Å². The van der Waals surface area contributed by atoms with Crippen LogP contribution >= 0.6 is 0 Å². The van der Waals surface area contributed by atoms with E-state index in [4.69, 9.17) is 9.47 Å². The van der Waals surface area contributed by atoms with Gasteiger partial charge in [0.15, 0.2) is 0 Å². The van der Waals surface area contributed by atoms with E-state index in [0.29, 0.717) is 19.1 Å². The molecule has 0 saturated carbocycles. The number of aliphatic hydroxyl groups is 1. The number of piperidine rings is 1. The summed E-state index contributed by atoms with van der Waals surface area (Å²) in [6.07, 6.45) is 31.9. The first kappa shape index (κ1) is 46.9. The molecule has 1 heterocycles. The first-order chi connectivity index (χ1) is 24.5. The number of nitrogens with zero attached hydrogens (tertiary/aromatic N) is 1. The average molecular weight is 708 g/mol. The van der Waals surface area contributed by atoms with E-state index in [-0.39, 0.29) is 36.3 Å². The van der Waals surface area contributed by atoms with Crippen LogP contribution in [0.3, 0.4) is 0 Å². The van der Waals surface area contributed by atoms with Crippen molar-refractivity contribution < 1.29 is 24.2 Å². The van der Waals surface area contributed by atoms with Gasteiger partial charge in [0.2, 0.25) is 0 Å². The van der Waals surface area contributed by atoms with Crippen molar-refractivity contribution in [3.63, 3.8) is 0 Å². The van der Waals surface area contributed by atoms with E-state index in [1.807, 2.05) is 0 Å². The number of aliphatic hydroxyl groups excluding tert-OH is 1. The van der Waals surface area contributed by atoms with E-state index in [2.05, 4.69) is 32.6 Å². The lowest BCUT2D eigenvalue weighted by atomic mass is 9.85. The molecule has 2 atom stereocenters. The summed E-state index contributed by atoms with van der Waals surface area (Å²) in [5.74, 6) is 0.355. The van der Waals surface area contributed by atoms with Crippen LogP contribution in [0.15, 0.2) is 0 Å². The highest BCUT2D eigenvalue weighted by atomic mass is 16.5. The van der Waals surface area contributed by atoms with Crippen LogP contribution in [0.5, 0.6) is 0 Å². The maximum absolute atomic E-state index is 13.6. The molecule has 0 aliphatic carbocycles. The van der Waals surface area contributed by atoms with Gasteiger partial charge in [-0.15, -0.1) is 0 Å². The molecule has 1 fully saturated rings. The molecule has 0 aromatic heterocycles. The monoisotopic (exact) mass is 708 g/mol. The van der Waals surface area contributed by atoms with Gasteiger partial charge >= 0.3 is 11.9 Å². The van der Waals surface area contributed by atoms with Gasteiger partial charge in [-0.2, -0.15) is 0 Å². The highest BCUT2D eigenvalue weighted by Gasteiger charge is 2.31. The summed E-state index contributed by atoms with van der Waals surface area (Å²) in [6.45, 7) is 13.0. The highest BCUT2D eigenvalue weighted by molar-refractivity contribution is 5.73. The van der Waals surface area contributed by atoms with Crippen LogP contribution in [-0.4, -0.2) is 61.4 Å². The second-order valence-electron chi connectivity index (χ2n) is 15.8. The summed E-state index contributed by atoms with van der Waals surface area (Å²) in [7, 11) is 0. The summed E-state index contributed by atoms with van der Waals surface area (Å²) in [6, 6.07) is 0. The topological polar surface area (TPSA) is 76.1 Å². The molecule has 1 saturated heterocycles. The van der Waals surface area contributed by atoms with Gasteiger partial charge in [0.25, 0.3) is 0 Å². The van der Waals surface area contributed by atoms with E-state index < -0.39 is 0 Å². The highest BCUT2D eigenvalue weighted by Crippen LogP contribution is 2.29.